The Kier molecular flexibility index (Phi) is 2.62. The van der Waals surface area contributed by atoms with Gasteiger partial charge in [-0.15, -0.1) is 0 Å². The van der Waals surface area contributed by atoms with E-state index >= 15 is 0 Å². The van der Waals surface area contributed by atoms with Gasteiger partial charge in [-0.05, 0) is 7.05 Å². The van der Waals surface area contributed by atoms with Crippen LogP contribution in [0, 0.1) is 0 Å². The molecule has 0 bridgehead atoms. The molecule has 1 heterocycles. The highest BCUT2D eigenvalue weighted by Crippen LogP contribution is 2.11. The molecule has 10 heavy (non-hydrogen) atoms. The Morgan fingerprint density at radius 1 is 1.40 bits per heavy atom. The third-order valence-electron chi connectivity index (χ3n) is 1.69. The second kappa shape index (κ2) is 3.30. The largest absolute Gasteiger partial charge is 0.390 e. The zero-order valence-corrected chi connectivity index (χ0v) is 5.95. The van der Waals surface area contributed by atoms with Crippen LogP contribution in [0.1, 0.15) is 6.42 Å². The number of nitrogens with one attached hydrogen (secondary N) is 1. The van der Waals surface area contributed by atoms with Gasteiger partial charge in [0, 0.05) is 6.42 Å². The first-order chi connectivity index (χ1) is 4.74. The molecule has 1 aliphatic heterocycles. The molecule has 0 aromatic carbocycles. The van der Waals surface area contributed by atoms with Crippen molar-refractivity contribution in [3.63, 3.8) is 0 Å². The molecule has 3 atom stereocenters. The minimum absolute atomic E-state index is 0.113. The van der Waals surface area contributed by atoms with Crippen LogP contribution >= 0.6 is 0 Å². The first-order valence-corrected chi connectivity index (χ1v) is 3.39. The molecule has 0 amide bonds. The summed E-state index contributed by atoms with van der Waals surface area (Å²) in [4.78, 5) is 0. The monoisotopic (exact) mass is 147 g/mol. The van der Waals surface area contributed by atoms with Crippen LogP contribution in [0.4, 0.5) is 0 Å². The molecule has 1 fully saturated rings. The normalized spacial score (nSPS) is 41.7. The van der Waals surface area contributed by atoms with Crippen molar-refractivity contribution in [2.75, 3.05) is 13.7 Å². The predicted molar refractivity (Wildman–Crippen MR) is 35.4 cm³/mol. The van der Waals surface area contributed by atoms with E-state index in [0.29, 0.717) is 6.42 Å². The number of rotatable bonds is 1. The van der Waals surface area contributed by atoms with Crippen molar-refractivity contribution >= 4 is 0 Å². The van der Waals surface area contributed by atoms with Gasteiger partial charge < -0.3 is 14.9 Å². The van der Waals surface area contributed by atoms with E-state index in [-0.39, 0.29) is 12.8 Å². The molecule has 1 aliphatic rings. The van der Waals surface area contributed by atoms with Crippen LogP contribution in [0.5, 0.6) is 0 Å². The second-order valence-corrected chi connectivity index (χ2v) is 2.48. The van der Waals surface area contributed by atoms with Crippen molar-refractivity contribution in [2.24, 2.45) is 0 Å². The van der Waals surface area contributed by atoms with Gasteiger partial charge in [0.25, 0.3) is 0 Å². The van der Waals surface area contributed by atoms with Crippen molar-refractivity contribution in [3.05, 3.63) is 0 Å². The molecule has 1 saturated heterocycles. The van der Waals surface area contributed by atoms with Gasteiger partial charge in [-0.1, -0.05) is 0 Å². The smallest absolute Gasteiger partial charge is 0.110 e. The summed E-state index contributed by atoms with van der Waals surface area (Å²) in [6.45, 7) is 0.215. The van der Waals surface area contributed by atoms with Crippen molar-refractivity contribution in [2.45, 2.75) is 24.9 Å². The summed E-state index contributed by atoms with van der Waals surface area (Å²) in [7, 11) is 1.76. The van der Waals surface area contributed by atoms with E-state index in [2.05, 4.69) is 5.32 Å². The molecule has 0 spiro atoms. The van der Waals surface area contributed by atoms with E-state index < -0.39 is 12.2 Å². The van der Waals surface area contributed by atoms with Gasteiger partial charge in [0.05, 0.1) is 12.7 Å². The standard InChI is InChI=1S/C6H13NO3/c1-7-6-2-4(8)5(9)3-10-6/h4-9H,2-3H2,1H3. The summed E-state index contributed by atoms with van der Waals surface area (Å²) in [5, 5.41) is 21.0. The maximum absolute atomic E-state index is 9.11. The van der Waals surface area contributed by atoms with Crippen molar-refractivity contribution in [1.82, 2.24) is 5.32 Å². The Bertz CT molecular complexity index is 109. The Labute approximate surface area is 59.8 Å². The minimum atomic E-state index is -0.718. The third kappa shape index (κ3) is 1.67. The number of aliphatic hydroxyl groups excluding tert-OH is 2. The maximum Gasteiger partial charge on any atom is 0.110 e. The van der Waals surface area contributed by atoms with Crippen LogP contribution in [0.25, 0.3) is 0 Å². The third-order valence-corrected chi connectivity index (χ3v) is 1.69. The molecule has 0 radical (unpaired) electrons. The first kappa shape index (κ1) is 7.94. The Morgan fingerprint density at radius 3 is 2.60 bits per heavy atom. The van der Waals surface area contributed by atoms with Crippen molar-refractivity contribution < 1.29 is 14.9 Å². The second-order valence-electron chi connectivity index (χ2n) is 2.48. The number of hydrogen-bond acceptors (Lipinski definition) is 4. The van der Waals surface area contributed by atoms with E-state index in [1.54, 1.807) is 7.05 Å². The number of hydrogen-bond donors (Lipinski definition) is 3. The van der Waals surface area contributed by atoms with Crippen LogP contribution in [0.15, 0.2) is 0 Å². The van der Waals surface area contributed by atoms with Gasteiger partial charge in [0.1, 0.15) is 12.3 Å². The summed E-state index contributed by atoms with van der Waals surface area (Å²) in [6, 6.07) is 0. The van der Waals surface area contributed by atoms with Crippen molar-refractivity contribution in [1.29, 1.82) is 0 Å². The number of aliphatic hydroxyl groups is 2. The lowest BCUT2D eigenvalue weighted by Crippen LogP contribution is -2.45. The molecule has 0 aromatic heterocycles. The Hall–Kier alpha value is -0.160. The molecule has 3 unspecified atom stereocenters. The van der Waals surface area contributed by atoms with Gasteiger partial charge in [0.15, 0.2) is 0 Å². The fourth-order valence-electron chi connectivity index (χ4n) is 0.971. The molecule has 0 aliphatic carbocycles. The number of ether oxygens (including phenoxy) is 1. The zero-order valence-electron chi connectivity index (χ0n) is 5.95. The Balaban J connectivity index is 2.33. The van der Waals surface area contributed by atoms with Crippen molar-refractivity contribution in [3.8, 4) is 0 Å². The highest BCUT2D eigenvalue weighted by atomic mass is 16.5. The fraction of sp³-hybridized carbons (Fsp3) is 1.00. The molecule has 1 rings (SSSR count). The average Bonchev–Trinajstić information content (AvgIpc) is 1.95. The molecule has 4 heteroatoms. The van der Waals surface area contributed by atoms with E-state index in [9.17, 15) is 0 Å². The lowest BCUT2D eigenvalue weighted by atomic mass is 10.1. The SMILES string of the molecule is CNC1CC(O)C(O)CO1. The van der Waals surface area contributed by atoms with Crippen LogP contribution in [0.3, 0.4) is 0 Å². The zero-order chi connectivity index (χ0) is 7.56. The topological polar surface area (TPSA) is 61.7 Å². The van der Waals surface area contributed by atoms with Gasteiger partial charge in [-0.2, -0.15) is 0 Å². The molecule has 0 saturated carbocycles. The minimum Gasteiger partial charge on any atom is -0.390 e. The highest BCUT2D eigenvalue weighted by molar-refractivity contribution is 4.75. The van der Waals surface area contributed by atoms with Crippen LogP contribution in [-0.2, 0) is 4.74 Å². The molecular formula is C6H13NO3. The Morgan fingerprint density at radius 2 is 2.10 bits per heavy atom. The molecule has 3 N–H and O–H groups in total. The van der Waals surface area contributed by atoms with Crippen LogP contribution in [0.2, 0.25) is 0 Å². The van der Waals surface area contributed by atoms with Gasteiger partial charge in [0.2, 0.25) is 0 Å². The quantitative estimate of drug-likeness (QED) is 0.430. The molecule has 4 nitrogen and oxygen atoms in total. The summed E-state index contributed by atoms with van der Waals surface area (Å²) in [5.41, 5.74) is 0. The molecule has 60 valence electrons. The lowest BCUT2D eigenvalue weighted by Gasteiger charge is -2.29. The van der Waals surface area contributed by atoms with Gasteiger partial charge in [-0.25, -0.2) is 0 Å². The summed E-state index contributed by atoms with van der Waals surface area (Å²) >= 11 is 0. The fourth-order valence-corrected chi connectivity index (χ4v) is 0.971. The van der Waals surface area contributed by atoms with E-state index in [1.165, 1.54) is 0 Å². The van der Waals surface area contributed by atoms with E-state index in [1.807, 2.05) is 0 Å². The summed E-state index contributed by atoms with van der Waals surface area (Å²) < 4.78 is 5.09. The summed E-state index contributed by atoms with van der Waals surface area (Å²) in [6.07, 6.45) is -1.02. The van der Waals surface area contributed by atoms with Crippen LogP contribution < -0.4 is 5.32 Å². The highest BCUT2D eigenvalue weighted by Gasteiger charge is 2.26. The first-order valence-electron chi connectivity index (χ1n) is 3.39. The summed E-state index contributed by atoms with van der Waals surface area (Å²) in [5.74, 6) is 0. The van der Waals surface area contributed by atoms with E-state index in [0.717, 1.165) is 0 Å². The molecule has 0 aromatic rings. The van der Waals surface area contributed by atoms with Gasteiger partial charge in [-0.3, -0.25) is 5.32 Å². The predicted octanol–water partition coefficient (Wildman–Crippen LogP) is -1.33. The molecular weight excluding hydrogens is 134 g/mol. The van der Waals surface area contributed by atoms with E-state index in [4.69, 9.17) is 14.9 Å². The van der Waals surface area contributed by atoms with Gasteiger partial charge >= 0.3 is 0 Å². The van der Waals surface area contributed by atoms with Crippen LogP contribution in [-0.4, -0.2) is 42.3 Å². The lowest BCUT2D eigenvalue weighted by molar-refractivity contribution is -0.127. The average molecular weight is 147 g/mol. The maximum atomic E-state index is 9.11.